The smallest absolute Gasteiger partial charge is 0.411 e. The summed E-state index contributed by atoms with van der Waals surface area (Å²) in [7, 11) is 1.27. The van der Waals surface area contributed by atoms with Crippen LogP contribution >= 0.6 is 0 Å². The van der Waals surface area contributed by atoms with Crippen molar-refractivity contribution in [2.45, 2.75) is 19.5 Å². The average Bonchev–Trinajstić information content (AvgIpc) is 2.62. The Balaban J connectivity index is 1.80. The molecule has 0 spiro atoms. The SMILES string of the molecule is COC(=O)Nc1ccc(NC(=O)CCc2ccc(OC(F)F)cc2)cc1. The Morgan fingerprint density at radius 1 is 0.962 bits per heavy atom. The van der Waals surface area contributed by atoms with E-state index in [2.05, 4.69) is 20.1 Å². The van der Waals surface area contributed by atoms with E-state index in [9.17, 15) is 18.4 Å². The zero-order valence-electron chi connectivity index (χ0n) is 14.0. The van der Waals surface area contributed by atoms with Crippen molar-refractivity contribution in [3.63, 3.8) is 0 Å². The van der Waals surface area contributed by atoms with Crippen LogP contribution in [0, 0.1) is 0 Å². The van der Waals surface area contributed by atoms with Gasteiger partial charge in [0.15, 0.2) is 0 Å². The maximum absolute atomic E-state index is 12.1. The van der Waals surface area contributed by atoms with Crippen LogP contribution in [0.3, 0.4) is 0 Å². The lowest BCUT2D eigenvalue weighted by Gasteiger charge is -2.08. The van der Waals surface area contributed by atoms with Gasteiger partial charge in [0.2, 0.25) is 5.91 Å². The Morgan fingerprint density at radius 3 is 2.08 bits per heavy atom. The summed E-state index contributed by atoms with van der Waals surface area (Å²) in [6.45, 7) is -2.86. The molecule has 2 aromatic carbocycles. The van der Waals surface area contributed by atoms with Gasteiger partial charge in [0.25, 0.3) is 0 Å². The third kappa shape index (κ3) is 6.39. The van der Waals surface area contributed by atoms with Crippen LogP contribution in [0.1, 0.15) is 12.0 Å². The monoisotopic (exact) mass is 364 g/mol. The maximum atomic E-state index is 12.1. The minimum Gasteiger partial charge on any atom is -0.453 e. The Kier molecular flexibility index (Phi) is 6.90. The second-order valence-corrected chi connectivity index (χ2v) is 5.26. The number of anilines is 2. The van der Waals surface area contributed by atoms with Gasteiger partial charge >= 0.3 is 12.7 Å². The van der Waals surface area contributed by atoms with E-state index in [-0.39, 0.29) is 18.1 Å². The molecule has 0 unspecified atom stereocenters. The summed E-state index contributed by atoms with van der Waals surface area (Å²) in [6, 6.07) is 12.7. The van der Waals surface area contributed by atoms with E-state index < -0.39 is 12.7 Å². The van der Waals surface area contributed by atoms with Crippen LogP contribution in [-0.4, -0.2) is 25.7 Å². The highest BCUT2D eigenvalue weighted by molar-refractivity contribution is 5.91. The molecule has 0 aliphatic heterocycles. The number of alkyl halides is 2. The lowest BCUT2D eigenvalue weighted by atomic mass is 10.1. The summed E-state index contributed by atoms with van der Waals surface area (Å²) < 4.78 is 32.9. The number of aryl methyl sites for hydroxylation is 1. The number of carbonyl (C=O) groups is 2. The lowest BCUT2D eigenvalue weighted by Crippen LogP contribution is -2.13. The number of benzene rings is 2. The fourth-order valence-electron chi connectivity index (χ4n) is 2.12. The molecular weight excluding hydrogens is 346 g/mol. The summed E-state index contributed by atoms with van der Waals surface area (Å²) in [5.41, 5.74) is 1.96. The number of carbonyl (C=O) groups excluding carboxylic acids is 2. The maximum Gasteiger partial charge on any atom is 0.411 e. The van der Waals surface area contributed by atoms with Crippen molar-refractivity contribution in [3.05, 3.63) is 54.1 Å². The predicted octanol–water partition coefficient (Wildman–Crippen LogP) is 4.04. The van der Waals surface area contributed by atoms with E-state index >= 15 is 0 Å². The summed E-state index contributed by atoms with van der Waals surface area (Å²) in [6.07, 6.45) is 0.117. The van der Waals surface area contributed by atoms with Crippen molar-refractivity contribution in [3.8, 4) is 5.75 Å². The molecule has 0 aliphatic rings. The first-order chi connectivity index (χ1) is 12.5. The van der Waals surface area contributed by atoms with Crippen molar-refractivity contribution in [2.24, 2.45) is 0 Å². The Labute approximate surface area is 149 Å². The normalized spacial score (nSPS) is 10.3. The number of ether oxygens (including phenoxy) is 2. The molecule has 0 bridgehead atoms. The molecular formula is C18H18F2N2O4. The molecule has 0 saturated carbocycles. The lowest BCUT2D eigenvalue weighted by molar-refractivity contribution is -0.116. The van der Waals surface area contributed by atoms with E-state index in [1.807, 2.05) is 0 Å². The summed E-state index contributed by atoms with van der Waals surface area (Å²) in [5, 5.41) is 5.24. The molecule has 0 saturated heterocycles. The van der Waals surface area contributed by atoms with Gasteiger partial charge in [-0.2, -0.15) is 8.78 Å². The molecule has 0 aromatic heterocycles. The number of hydrogen-bond acceptors (Lipinski definition) is 4. The number of amides is 2. The number of methoxy groups -OCH3 is 1. The zero-order valence-corrected chi connectivity index (χ0v) is 14.0. The third-order valence-corrected chi connectivity index (χ3v) is 3.39. The van der Waals surface area contributed by atoms with Crippen LogP contribution in [0.2, 0.25) is 0 Å². The van der Waals surface area contributed by atoms with E-state index in [0.717, 1.165) is 5.56 Å². The molecule has 0 fully saturated rings. The standard InChI is InChI=1S/C18H18F2N2O4/c1-25-18(24)22-14-7-5-13(6-8-14)21-16(23)11-4-12-2-9-15(10-3-12)26-17(19)20/h2-3,5-10,17H,4,11H2,1H3,(H,21,23)(H,22,24). The van der Waals surface area contributed by atoms with Gasteiger partial charge in [-0.15, -0.1) is 0 Å². The molecule has 26 heavy (non-hydrogen) atoms. The summed E-state index contributed by atoms with van der Waals surface area (Å²) in [5.74, 6) is -0.111. The first kappa shape index (κ1) is 19.2. The van der Waals surface area contributed by atoms with Crippen LogP contribution in [0.4, 0.5) is 25.0 Å². The van der Waals surface area contributed by atoms with Gasteiger partial charge in [0, 0.05) is 17.8 Å². The molecule has 0 atom stereocenters. The largest absolute Gasteiger partial charge is 0.453 e. The van der Waals surface area contributed by atoms with Gasteiger partial charge in [0.05, 0.1) is 7.11 Å². The van der Waals surface area contributed by atoms with E-state index in [0.29, 0.717) is 17.8 Å². The third-order valence-electron chi connectivity index (χ3n) is 3.39. The van der Waals surface area contributed by atoms with Gasteiger partial charge in [-0.05, 0) is 48.4 Å². The number of halogens is 2. The number of hydrogen-bond donors (Lipinski definition) is 2. The van der Waals surface area contributed by atoms with E-state index in [1.165, 1.54) is 19.2 Å². The zero-order chi connectivity index (χ0) is 18.9. The highest BCUT2D eigenvalue weighted by Gasteiger charge is 2.06. The van der Waals surface area contributed by atoms with Crippen molar-refractivity contribution < 1.29 is 27.8 Å². The van der Waals surface area contributed by atoms with Gasteiger partial charge in [-0.25, -0.2) is 4.79 Å². The molecule has 2 rings (SSSR count). The van der Waals surface area contributed by atoms with Crippen LogP contribution in [0.25, 0.3) is 0 Å². The van der Waals surface area contributed by atoms with Crippen molar-refractivity contribution in [2.75, 3.05) is 17.7 Å². The van der Waals surface area contributed by atoms with Gasteiger partial charge < -0.3 is 14.8 Å². The quantitative estimate of drug-likeness (QED) is 0.777. The van der Waals surface area contributed by atoms with Crippen LogP contribution in [0.15, 0.2) is 48.5 Å². The van der Waals surface area contributed by atoms with Gasteiger partial charge in [0.1, 0.15) is 5.75 Å². The van der Waals surface area contributed by atoms with Crippen LogP contribution in [0.5, 0.6) is 5.75 Å². The van der Waals surface area contributed by atoms with E-state index in [1.54, 1.807) is 36.4 Å². The molecule has 2 amide bonds. The molecule has 8 heteroatoms. The molecule has 138 valence electrons. The molecule has 0 aliphatic carbocycles. The number of nitrogens with one attached hydrogen (secondary N) is 2. The van der Waals surface area contributed by atoms with Crippen molar-refractivity contribution in [1.82, 2.24) is 0 Å². The first-order valence-corrected chi connectivity index (χ1v) is 7.75. The molecule has 6 nitrogen and oxygen atoms in total. The highest BCUT2D eigenvalue weighted by atomic mass is 19.3. The minimum absolute atomic E-state index is 0.0776. The van der Waals surface area contributed by atoms with Crippen molar-refractivity contribution in [1.29, 1.82) is 0 Å². The molecule has 2 N–H and O–H groups in total. The fourth-order valence-corrected chi connectivity index (χ4v) is 2.12. The first-order valence-electron chi connectivity index (χ1n) is 7.75. The summed E-state index contributed by atoms with van der Waals surface area (Å²) in [4.78, 5) is 23.1. The highest BCUT2D eigenvalue weighted by Crippen LogP contribution is 2.17. The van der Waals surface area contributed by atoms with Crippen molar-refractivity contribution >= 4 is 23.4 Å². The minimum atomic E-state index is -2.86. The Morgan fingerprint density at radius 2 is 1.54 bits per heavy atom. The molecule has 0 radical (unpaired) electrons. The number of rotatable bonds is 7. The van der Waals surface area contributed by atoms with Crippen LogP contribution < -0.4 is 15.4 Å². The summed E-state index contributed by atoms with van der Waals surface area (Å²) >= 11 is 0. The van der Waals surface area contributed by atoms with Gasteiger partial charge in [-0.3, -0.25) is 10.1 Å². The molecule has 0 heterocycles. The fraction of sp³-hybridized carbons (Fsp3) is 0.222. The predicted molar refractivity (Wildman–Crippen MR) is 92.5 cm³/mol. The molecule has 2 aromatic rings. The Hall–Kier alpha value is -3.16. The van der Waals surface area contributed by atoms with Crippen LogP contribution in [-0.2, 0) is 16.0 Å². The van der Waals surface area contributed by atoms with Gasteiger partial charge in [-0.1, -0.05) is 12.1 Å². The second kappa shape index (κ2) is 9.36. The Bertz CT molecular complexity index is 734. The second-order valence-electron chi connectivity index (χ2n) is 5.26. The van der Waals surface area contributed by atoms with E-state index in [4.69, 9.17) is 0 Å². The average molecular weight is 364 g/mol. The topological polar surface area (TPSA) is 76.7 Å².